The molecular weight excluding hydrogens is 316 g/mol. The minimum Gasteiger partial charge on any atom is -0.466 e. The van der Waals surface area contributed by atoms with Crippen molar-refractivity contribution in [2.75, 3.05) is 6.61 Å². The second kappa shape index (κ2) is 5.69. The fraction of sp³-hybridized carbons (Fsp3) is 0.952. The average molecular weight is 348 g/mol. The lowest BCUT2D eigenvalue weighted by Gasteiger charge is -2.48. The van der Waals surface area contributed by atoms with E-state index >= 15 is 0 Å². The van der Waals surface area contributed by atoms with Crippen LogP contribution in [0.4, 0.5) is 0 Å². The molecule has 25 heavy (non-hydrogen) atoms. The van der Waals surface area contributed by atoms with Gasteiger partial charge in [-0.3, -0.25) is 4.79 Å². The molecule has 0 radical (unpaired) electrons. The predicted octanol–water partition coefficient (Wildman–Crippen LogP) is 4.27. The van der Waals surface area contributed by atoms with Gasteiger partial charge in [-0.15, -0.1) is 0 Å². The third-order valence-electron chi connectivity index (χ3n) is 8.84. The van der Waals surface area contributed by atoms with Gasteiger partial charge in [0.25, 0.3) is 0 Å². The van der Waals surface area contributed by atoms with Crippen LogP contribution in [0.5, 0.6) is 0 Å². The molecule has 0 amide bonds. The number of carbonyl (C=O) groups excluding carboxylic acids is 1. The second-order valence-corrected chi connectivity index (χ2v) is 9.46. The van der Waals surface area contributed by atoms with Gasteiger partial charge in [0, 0.05) is 5.92 Å². The van der Waals surface area contributed by atoms with Crippen LogP contribution in [-0.2, 0) is 19.3 Å². The molecule has 5 aliphatic rings. The maximum absolute atomic E-state index is 12.1. The van der Waals surface area contributed by atoms with Crippen LogP contribution >= 0.6 is 0 Å². The number of hydrogen-bond donors (Lipinski definition) is 0. The summed E-state index contributed by atoms with van der Waals surface area (Å²) >= 11 is 0. The fourth-order valence-electron chi connectivity index (χ4n) is 7.66. The van der Waals surface area contributed by atoms with Crippen molar-refractivity contribution in [2.45, 2.75) is 82.8 Å². The zero-order valence-corrected chi connectivity index (χ0v) is 15.7. The summed E-state index contributed by atoms with van der Waals surface area (Å²) in [6.45, 7) is 4.75. The molecule has 4 aliphatic carbocycles. The Morgan fingerprint density at radius 1 is 1.12 bits per heavy atom. The largest absolute Gasteiger partial charge is 0.466 e. The van der Waals surface area contributed by atoms with Crippen LogP contribution in [0.2, 0.25) is 0 Å². The van der Waals surface area contributed by atoms with Gasteiger partial charge in [0.15, 0.2) is 0 Å². The van der Waals surface area contributed by atoms with Gasteiger partial charge < -0.3 is 4.74 Å². The van der Waals surface area contributed by atoms with Gasteiger partial charge in [0.2, 0.25) is 0 Å². The van der Waals surface area contributed by atoms with E-state index in [2.05, 4.69) is 6.92 Å². The normalized spacial score (nSPS) is 53.7. The minimum absolute atomic E-state index is 0.0197. The first kappa shape index (κ1) is 16.6. The number of rotatable bonds is 2. The molecule has 6 atom stereocenters. The molecule has 0 N–H and O–H groups in total. The summed E-state index contributed by atoms with van der Waals surface area (Å²) in [6, 6.07) is 0. The molecule has 1 saturated heterocycles. The van der Waals surface area contributed by atoms with Gasteiger partial charge in [-0.25, -0.2) is 9.78 Å². The smallest absolute Gasteiger partial charge is 0.308 e. The maximum atomic E-state index is 12.1. The van der Waals surface area contributed by atoms with Crippen molar-refractivity contribution < 1.29 is 19.3 Å². The summed E-state index contributed by atoms with van der Waals surface area (Å²) in [4.78, 5) is 24.6. The van der Waals surface area contributed by atoms with Gasteiger partial charge in [0.1, 0.15) is 11.2 Å². The molecule has 0 aromatic rings. The molecule has 4 saturated carbocycles. The van der Waals surface area contributed by atoms with E-state index in [9.17, 15) is 4.79 Å². The fourth-order valence-corrected chi connectivity index (χ4v) is 7.66. The topological polar surface area (TPSA) is 44.8 Å². The quantitative estimate of drug-likeness (QED) is 0.552. The highest BCUT2D eigenvalue weighted by Gasteiger charge is 2.72. The Morgan fingerprint density at radius 2 is 1.92 bits per heavy atom. The molecule has 2 bridgehead atoms. The number of hydrogen-bond acceptors (Lipinski definition) is 4. The Hall–Kier alpha value is -0.610. The van der Waals surface area contributed by atoms with E-state index in [0.717, 1.165) is 37.5 Å². The maximum Gasteiger partial charge on any atom is 0.308 e. The predicted molar refractivity (Wildman–Crippen MR) is 92.4 cm³/mol. The van der Waals surface area contributed by atoms with Crippen molar-refractivity contribution in [2.24, 2.45) is 35.5 Å². The van der Waals surface area contributed by atoms with E-state index in [1.165, 1.54) is 32.1 Å². The first-order valence-electron chi connectivity index (χ1n) is 10.6. The molecule has 2 spiro atoms. The van der Waals surface area contributed by atoms with Crippen molar-refractivity contribution in [1.82, 2.24) is 0 Å². The van der Waals surface area contributed by atoms with E-state index in [0.29, 0.717) is 24.4 Å². The summed E-state index contributed by atoms with van der Waals surface area (Å²) in [5.41, 5.74) is -0.196. The minimum atomic E-state index is -0.166. The summed E-state index contributed by atoms with van der Waals surface area (Å²) in [7, 11) is 0. The van der Waals surface area contributed by atoms with Crippen molar-refractivity contribution in [3.63, 3.8) is 0 Å². The highest BCUT2D eigenvalue weighted by molar-refractivity contribution is 5.72. The second-order valence-electron chi connectivity index (χ2n) is 9.46. The first-order valence-corrected chi connectivity index (χ1v) is 10.6. The lowest BCUT2D eigenvalue weighted by atomic mass is 9.56. The van der Waals surface area contributed by atoms with Crippen molar-refractivity contribution in [3.8, 4) is 0 Å². The Balaban J connectivity index is 1.34. The number of esters is 1. The first-order chi connectivity index (χ1) is 12.1. The lowest BCUT2D eigenvalue weighted by Crippen LogP contribution is -2.54. The summed E-state index contributed by atoms with van der Waals surface area (Å²) in [5, 5.41) is 0. The molecule has 0 aromatic carbocycles. The molecule has 4 nitrogen and oxygen atoms in total. The van der Waals surface area contributed by atoms with Crippen molar-refractivity contribution >= 4 is 5.97 Å². The SMILES string of the molecule is CCOC(=O)C1CCC2(CC1)OOC1(C3CC4CCCC1C4C3)C2C. The zero-order chi connectivity index (χ0) is 17.2. The van der Waals surface area contributed by atoms with Gasteiger partial charge in [0.05, 0.1) is 12.5 Å². The van der Waals surface area contributed by atoms with Crippen LogP contribution in [0, 0.1) is 35.5 Å². The van der Waals surface area contributed by atoms with Crippen LogP contribution in [0.3, 0.4) is 0 Å². The highest BCUT2D eigenvalue weighted by Crippen LogP contribution is 2.70. The Morgan fingerprint density at radius 3 is 2.68 bits per heavy atom. The number of fused-ring (bicyclic) bond motifs is 3. The van der Waals surface area contributed by atoms with Crippen molar-refractivity contribution in [3.05, 3.63) is 0 Å². The Labute approximate surface area is 150 Å². The third kappa shape index (κ3) is 2.10. The molecular formula is C21H32O4. The van der Waals surface area contributed by atoms with E-state index in [1.807, 2.05) is 6.92 Å². The number of ether oxygens (including phenoxy) is 1. The van der Waals surface area contributed by atoms with Crippen LogP contribution in [0.15, 0.2) is 0 Å². The van der Waals surface area contributed by atoms with E-state index in [4.69, 9.17) is 14.5 Å². The molecule has 6 unspecified atom stereocenters. The van der Waals surface area contributed by atoms with Crippen LogP contribution in [0.25, 0.3) is 0 Å². The van der Waals surface area contributed by atoms with Crippen molar-refractivity contribution in [1.29, 1.82) is 0 Å². The molecule has 5 rings (SSSR count). The van der Waals surface area contributed by atoms with E-state index in [1.54, 1.807) is 0 Å². The monoisotopic (exact) mass is 348 g/mol. The van der Waals surface area contributed by atoms with E-state index in [-0.39, 0.29) is 23.1 Å². The lowest BCUT2D eigenvalue weighted by molar-refractivity contribution is -0.371. The molecule has 5 fully saturated rings. The summed E-state index contributed by atoms with van der Waals surface area (Å²) in [6.07, 6.45) is 10.5. The molecule has 1 aliphatic heterocycles. The summed E-state index contributed by atoms with van der Waals surface area (Å²) in [5.74, 6) is 3.73. The van der Waals surface area contributed by atoms with Gasteiger partial charge in [-0.1, -0.05) is 19.8 Å². The Kier molecular flexibility index (Phi) is 3.77. The Bertz CT molecular complexity index is 550. The molecule has 140 valence electrons. The van der Waals surface area contributed by atoms with Gasteiger partial charge in [-0.2, -0.15) is 0 Å². The van der Waals surface area contributed by atoms with E-state index < -0.39 is 0 Å². The third-order valence-corrected chi connectivity index (χ3v) is 8.84. The molecule has 4 heteroatoms. The summed E-state index contributed by atoms with van der Waals surface area (Å²) < 4.78 is 5.24. The standard InChI is InChI=1S/C21H32O4/c1-3-23-19(22)14-7-9-20(10-8-14)13(2)21(25-24-20)16-11-15-5-4-6-18(21)17(15)12-16/h13-18H,3-12H2,1-2H3. The molecule has 0 aromatic heterocycles. The molecule has 1 heterocycles. The zero-order valence-electron chi connectivity index (χ0n) is 15.7. The van der Waals surface area contributed by atoms with Gasteiger partial charge in [-0.05, 0) is 75.5 Å². The van der Waals surface area contributed by atoms with Crippen LogP contribution < -0.4 is 0 Å². The average Bonchev–Trinajstić information content (AvgIpc) is 3.26. The highest BCUT2D eigenvalue weighted by atomic mass is 17.2. The number of carbonyl (C=O) groups is 1. The van der Waals surface area contributed by atoms with Gasteiger partial charge >= 0.3 is 5.97 Å². The van der Waals surface area contributed by atoms with Crippen LogP contribution in [0.1, 0.15) is 71.6 Å². The van der Waals surface area contributed by atoms with Crippen LogP contribution in [-0.4, -0.2) is 23.8 Å².